The third kappa shape index (κ3) is 1.93. The lowest BCUT2D eigenvalue weighted by Crippen LogP contribution is -1.87. The third-order valence-electron chi connectivity index (χ3n) is 2.30. The zero-order valence-electron chi connectivity index (χ0n) is 8.35. The van der Waals surface area contributed by atoms with E-state index in [0.29, 0.717) is 23.0 Å². The molecule has 0 saturated carbocycles. The summed E-state index contributed by atoms with van der Waals surface area (Å²) in [5.74, 6) is -0.271. The molecule has 0 radical (unpaired) electrons. The van der Waals surface area contributed by atoms with E-state index in [-0.39, 0.29) is 5.75 Å². The van der Waals surface area contributed by atoms with Crippen LogP contribution in [0.5, 0.6) is 5.75 Å². The molecular formula is C13H9FO2. The summed E-state index contributed by atoms with van der Waals surface area (Å²) in [5.41, 5.74) is 1.40. The van der Waals surface area contributed by atoms with Gasteiger partial charge in [-0.3, -0.25) is 4.79 Å². The summed E-state index contributed by atoms with van der Waals surface area (Å²) < 4.78 is 13.5. The lowest BCUT2D eigenvalue weighted by Gasteiger charge is -2.04. The van der Waals surface area contributed by atoms with Crippen molar-refractivity contribution in [3.05, 3.63) is 53.8 Å². The molecule has 0 amide bonds. The van der Waals surface area contributed by atoms with Crippen LogP contribution in [0.25, 0.3) is 11.1 Å². The molecule has 0 fully saturated rings. The van der Waals surface area contributed by atoms with E-state index in [1.54, 1.807) is 12.1 Å². The van der Waals surface area contributed by atoms with Crippen LogP contribution < -0.4 is 0 Å². The van der Waals surface area contributed by atoms with E-state index < -0.39 is 5.82 Å². The highest BCUT2D eigenvalue weighted by atomic mass is 19.1. The van der Waals surface area contributed by atoms with Crippen molar-refractivity contribution in [1.82, 2.24) is 0 Å². The molecule has 3 heteroatoms. The fraction of sp³-hybridized carbons (Fsp3) is 0. The highest BCUT2D eigenvalue weighted by Crippen LogP contribution is 2.25. The number of benzene rings is 2. The maximum atomic E-state index is 13.5. The predicted molar refractivity (Wildman–Crippen MR) is 58.9 cm³/mol. The summed E-state index contributed by atoms with van der Waals surface area (Å²) in [6.45, 7) is 0. The Balaban J connectivity index is 2.54. The van der Waals surface area contributed by atoms with Gasteiger partial charge in [0, 0.05) is 11.1 Å². The zero-order valence-corrected chi connectivity index (χ0v) is 8.35. The fourth-order valence-electron chi connectivity index (χ4n) is 1.48. The topological polar surface area (TPSA) is 37.3 Å². The van der Waals surface area contributed by atoms with Crippen molar-refractivity contribution < 1.29 is 14.3 Å². The van der Waals surface area contributed by atoms with Gasteiger partial charge in [0.15, 0.2) is 0 Å². The number of aldehydes is 1. The van der Waals surface area contributed by atoms with Crippen molar-refractivity contribution in [2.45, 2.75) is 0 Å². The quantitative estimate of drug-likeness (QED) is 0.783. The Morgan fingerprint density at radius 1 is 1.06 bits per heavy atom. The van der Waals surface area contributed by atoms with E-state index in [1.807, 2.05) is 0 Å². The Labute approximate surface area is 92.0 Å². The number of rotatable bonds is 2. The number of carbonyl (C=O) groups is 1. The Hall–Kier alpha value is -2.16. The number of carbonyl (C=O) groups excluding carboxylic acids is 1. The molecule has 0 aliphatic rings. The van der Waals surface area contributed by atoms with Crippen molar-refractivity contribution >= 4 is 6.29 Å². The van der Waals surface area contributed by atoms with E-state index in [0.717, 1.165) is 0 Å². The van der Waals surface area contributed by atoms with Crippen molar-refractivity contribution in [3.8, 4) is 16.9 Å². The predicted octanol–water partition coefficient (Wildman–Crippen LogP) is 3.01. The van der Waals surface area contributed by atoms with Crippen LogP contribution >= 0.6 is 0 Å². The molecular weight excluding hydrogens is 207 g/mol. The first-order valence-corrected chi connectivity index (χ1v) is 4.75. The van der Waals surface area contributed by atoms with Gasteiger partial charge in [-0.25, -0.2) is 4.39 Å². The number of hydrogen-bond acceptors (Lipinski definition) is 2. The summed E-state index contributed by atoms with van der Waals surface area (Å²) in [6.07, 6.45) is 0.670. The summed E-state index contributed by atoms with van der Waals surface area (Å²) >= 11 is 0. The molecule has 0 heterocycles. The molecule has 0 unspecified atom stereocenters. The maximum absolute atomic E-state index is 13.5. The lowest BCUT2D eigenvalue weighted by molar-refractivity contribution is 0.112. The lowest BCUT2D eigenvalue weighted by atomic mass is 10.0. The van der Waals surface area contributed by atoms with Crippen molar-refractivity contribution in [3.63, 3.8) is 0 Å². The molecule has 2 aromatic rings. The van der Waals surface area contributed by atoms with Crippen molar-refractivity contribution in [2.75, 3.05) is 0 Å². The first kappa shape index (κ1) is 10.4. The normalized spacial score (nSPS) is 10.1. The average Bonchev–Trinajstić information content (AvgIpc) is 2.31. The highest BCUT2D eigenvalue weighted by molar-refractivity contribution is 5.79. The Kier molecular flexibility index (Phi) is 2.68. The molecule has 2 aromatic carbocycles. The fourth-order valence-corrected chi connectivity index (χ4v) is 1.48. The van der Waals surface area contributed by atoms with Gasteiger partial charge < -0.3 is 5.11 Å². The molecule has 0 saturated heterocycles. The van der Waals surface area contributed by atoms with Gasteiger partial charge in [0.2, 0.25) is 0 Å². The minimum atomic E-state index is -0.392. The number of halogens is 1. The van der Waals surface area contributed by atoms with Crippen LogP contribution in [0.1, 0.15) is 10.4 Å². The molecule has 16 heavy (non-hydrogen) atoms. The smallest absolute Gasteiger partial charge is 0.150 e. The van der Waals surface area contributed by atoms with Crippen LogP contribution in [0.3, 0.4) is 0 Å². The Morgan fingerprint density at radius 3 is 2.38 bits per heavy atom. The first-order valence-electron chi connectivity index (χ1n) is 4.75. The largest absolute Gasteiger partial charge is 0.508 e. The van der Waals surface area contributed by atoms with E-state index >= 15 is 0 Å². The van der Waals surface area contributed by atoms with E-state index in [9.17, 15) is 9.18 Å². The van der Waals surface area contributed by atoms with Crippen LogP contribution in [-0.2, 0) is 0 Å². The Morgan fingerprint density at radius 2 is 1.75 bits per heavy atom. The van der Waals surface area contributed by atoms with Gasteiger partial charge in [-0.05, 0) is 35.9 Å². The van der Waals surface area contributed by atoms with Crippen LogP contribution in [0.2, 0.25) is 0 Å². The molecule has 0 aliphatic carbocycles. The molecule has 0 atom stereocenters. The molecule has 2 nitrogen and oxygen atoms in total. The van der Waals surface area contributed by atoms with Gasteiger partial charge >= 0.3 is 0 Å². The highest BCUT2D eigenvalue weighted by Gasteiger charge is 2.05. The first-order chi connectivity index (χ1) is 7.70. The molecule has 80 valence electrons. The third-order valence-corrected chi connectivity index (χ3v) is 2.30. The van der Waals surface area contributed by atoms with Gasteiger partial charge in [0.1, 0.15) is 17.9 Å². The SMILES string of the molecule is O=Cc1ccc(F)c(-c2ccc(O)cc2)c1. The van der Waals surface area contributed by atoms with Gasteiger partial charge in [-0.2, -0.15) is 0 Å². The van der Waals surface area contributed by atoms with E-state index in [4.69, 9.17) is 5.11 Å². The standard InChI is InChI=1S/C13H9FO2/c14-13-6-1-9(8-15)7-12(13)10-2-4-11(16)5-3-10/h1-8,16H. The molecule has 0 aliphatic heterocycles. The van der Waals surface area contributed by atoms with Crippen molar-refractivity contribution in [1.29, 1.82) is 0 Å². The number of phenolic OH excluding ortho intramolecular Hbond substituents is 1. The summed E-state index contributed by atoms with van der Waals surface area (Å²) in [7, 11) is 0. The maximum Gasteiger partial charge on any atom is 0.150 e. The molecule has 2 rings (SSSR count). The van der Waals surface area contributed by atoms with Crippen LogP contribution in [-0.4, -0.2) is 11.4 Å². The molecule has 0 spiro atoms. The summed E-state index contributed by atoms with van der Waals surface area (Å²) in [4.78, 5) is 10.6. The second kappa shape index (κ2) is 4.14. The van der Waals surface area contributed by atoms with Crippen LogP contribution in [0.15, 0.2) is 42.5 Å². The van der Waals surface area contributed by atoms with E-state index in [1.165, 1.54) is 30.3 Å². The second-order valence-electron chi connectivity index (χ2n) is 3.40. The number of phenols is 1. The zero-order chi connectivity index (χ0) is 11.5. The number of aromatic hydroxyl groups is 1. The van der Waals surface area contributed by atoms with Crippen LogP contribution in [0.4, 0.5) is 4.39 Å². The van der Waals surface area contributed by atoms with Crippen LogP contribution in [0, 0.1) is 5.82 Å². The van der Waals surface area contributed by atoms with Crippen molar-refractivity contribution in [2.24, 2.45) is 0 Å². The van der Waals surface area contributed by atoms with Gasteiger partial charge in [0.25, 0.3) is 0 Å². The van der Waals surface area contributed by atoms with Gasteiger partial charge in [-0.15, -0.1) is 0 Å². The van der Waals surface area contributed by atoms with Gasteiger partial charge in [0.05, 0.1) is 0 Å². The molecule has 1 N–H and O–H groups in total. The average molecular weight is 216 g/mol. The monoisotopic (exact) mass is 216 g/mol. The summed E-state index contributed by atoms with van der Waals surface area (Å²) in [6, 6.07) is 10.3. The minimum absolute atomic E-state index is 0.121. The minimum Gasteiger partial charge on any atom is -0.508 e. The Bertz CT molecular complexity index is 518. The number of hydrogen-bond donors (Lipinski definition) is 1. The van der Waals surface area contributed by atoms with Gasteiger partial charge in [-0.1, -0.05) is 12.1 Å². The second-order valence-corrected chi connectivity index (χ2v) is 3.40. The molecule has 0 bridgehead atoms. The van der Waals surface area contributed by atoms with E-state index in [2.05, 4.69) is 0 Å². The summed E-state index contributed by atoms with van der Waals surface area (Å²) in [5, 5.41) is 9.12. The molecule has 0 aromatic heterocycles.